The Balaban J connectivity index is 1.53. The minimum Gasteiger partial charge on any atom is -0.454 e. The summed E-state index contributed by atoms with van der Waals surface area (Å²) >= 11 is 1.63. The number of thiophene rings is 1. The standard InChI is InChI=1S/C22H27N3O3S/c1-5-13(2)8-16-14(3)29-22-20(16)21(26)23-19(24-22)11-25(4)10-15-6-7-17-18(9-15)28-12-27-17/h6-7,9,13H,5,8,10-12H2,1-4H3,(H,23,24,26)/p+1/t13-/m0/s1. The summed E-state index contributed by atoms with van der Waals surface area (Å²) in [5, 5.41) is 0.782. The molecule has 0 bridgehead atoms. The number of aryl methyl sites for hydroxylation is 1. The number of H-pyrrole nitrogens is 1. The van der Waals surface area contributed by atoms with Gasteiger partial charge in [-0.3, -0.25) is 4.79 Å². The Labute approximate surface area is 174 Å². The molecule has 0 spiro atoms. The van der Waals surface area contributed by atoms with Gasteiger partial charge in [0, 0.05) is 10.4 Å². The third-order valence-electron chi connectivity index (χ3n) is 5.57. The highest BCUT2D eigenvalue weighted by Gasteiger charge is 2.19. The SMILES string of the molecule is CC[C@H](C)Cc1c(C)sc2nc(C[NH+](C)Cc3ccc4c(c3)OCO4)[nH]c(=O)c12. The summed E-state index contributed by atoms with van der Waals surface area (Å²) in [6.45, 7) is 8.26. The summed E-state index contributed by atoms with van der Waals surface area (Å²) in [7, 11) is 2.10. The fourth-order valence-corrected chi connectivity index (χ4v) is 4.86. The molecule has 29 heavy (non-hydrogen) atoms. The van der Waals surface area contributed by atoms with E-state index in [1.165, 1.54) is 15.3 Å². The zero-order chi connectivity index (χ0) is 20.5. The van der Waals surface area contributed by atoms with E-state index in [1.54, 1.807) is 11.3 Å². The molecule has 0 radical (unpaired) electrons. The summed E-state index contributed by atoms with van der Waals surface area (Å²) < 4.78 is 10.8. The van der Waals surface area contributed by atoms with E-state index in [0.717, 1.165) is 52.5 Å². The lowest BCUT2D eigenvalue weighted by Gasteiger charge is -2.14. The first-order valence-corrected chi connectivity index (χ1v) is 11.0. The van der Waals surface area contributed by atoms with E-state index < -0.39 is 0 Å². The van der Waals surface area contributed by atoms with E-state index >= 15 is 0 Å². The Morgan fingerprint density at radius 1 is 1.28 bits per heavy atom. The molecule has 6 nitrogen and oxygen atoms in total. The van der Waals surface area contributed by atoms with Crippen molar-refractivity contribution in [3.05, 3.63) is 50.4 Å². The van der Waals surface area contributed by atoms with Crippen LogP contribution in [0.4, 0.5) is 0 Å². The molecule has 0 fully saturated rings. The number of aromatic nitrogens is 2. The average molecular weight is 415 g/mol. The largest absolute Gasteiger partial charge is 0.454 e. The maximum absolute atomic E-state index is 12.8. The zero-order valence-electron chi connectivity index (χ0n) is 17.4. The van der Waals surface area contributed by atoms with Crippen LogP contribution < -0.4 is 19.9 Å². The van der Waals surface area contributed by atoms with Gasteiger partial charge in [-0.15, -0.1) is 11.3 Å². The molecule has 1 aromatic carbocycles. The van der Waals surface area contributed by atoms with Crippen LogP contribution >= 0.6 is 11.3 Å². The molecule has 2 N–H and O–H groups in total. The van der Waals surface area contributed by atoms with Gasteiger partial charge >= 0.3 is 0 Å². The van der Waals surface area contributed by atoms with Gasteiger partial charge in [0.2, 0.25) is 6.79 Å². The number of benzene rings is 1. The van der Waals surface area contributed by atoms with Gasteiger partial charge in [-0.1, -0.05) is 20.3 Å². The molecule has 2 aromatic heterocycles. The Morgan fingerprint density at radius 3 is 2.86 bits per heavy atom. The Morgan fingerprint density at radius 2 is 2.07 bits per heavy atom. The van der Waals surface area contributed by atoms with Gasteiger partial charge in [-0.05, 0) is 43.0 Å². The average Bonchev–Trinajstić information content (AvgIpc) is 3.25. The Hall–Kier alpha value is -2.38. The number of rotatable bonds is 7. The van der Waals surface area contributed by atoms with Gasteiger partial charge in [0.1, 0.15) is 17.9 Å². The number of fused-ring (bicyclic) bond motifs is 2. The fraction of sp³-hybridized carbons (Fsp3) is 0.455. The monoisotopic (exact) mass is 414 g/mol. The van der Waals surface area contributed by atoms with Crippen molar-refractivity contribution in [3.8, 4) is 11.5 Å². The molecule has 3 aromatic rings. The first kappa shape index (κ1) is 19.9. The van der Waals surface area contributed by atoms with Crippen LogP contribution in [0.25, 0.3) is 10.2 Å². The van der Waals surface area contributed by atoms with Crippen molar-refractivity contribution >= 4 is 21.6 Å². The highest BCUT2D eigenvalue weighted by atomic mass is 32.1. The van der Waals surface area contributed by atoms with Crippen LogP contribution in [0.15, 0.2) is 23.0 Å². The van der Waals surface area contributed by atoms with Crippen molar-refractivity contribution in [2.75, 3.05) is 13.8 Å². The zero-order valence-corrected chi connectivity index (χ0v) is 18.2. The second-order valence-electron chi connectivity index (χ2n) is 8.05. The number of hydrogen-bond donors (Lipinski definition) is 2. The van der Waals surface area contributed by atoms with Gasteiger partial charge in [0.15, 0.2) is 17.3 Å². The maximum Gasteiger partial charge on any atom is 0.260 e. The molecule has 1 aliphatic rings. The van der Waals surface area contributed by atoms with E-state index in [4.69, 9.17) is 14.5 Å². The number of quaternary nitrogens is 1. The van der Waals surface area contributed by atoms with Crippen molar-refractivity contribution in [3.63, 3.8) is 0 Å². The maximum atomic E-state index is 12.8. The normalized spacial score (nSPS) is 15.0. The summed E-state index contributed by atoms with van der Waals surface area (Å²) in [5.41, 5.74) is 2.32. The molecule has 2 atom stereocenters. The smallest absolute Gasteiger partial charge is 0.260 e. The van der Waals surface area contributed by atoms with Crippen molar-refractivity contribution in [2.24, 2.45) is 5.92 Å². The predicted molar refractivity (Wildman–Crippen MR) is 115 cm³/mol. The van der Waals surface area contributed by atoms with Gasteiger partial charge in [-0.25, -0.2) is 4.98 Å². The lowest BCUT2D eigenvalue weighted by molar-refractivity contribution is -0.908. The second kappa shape index (κ2) is 8.16. The molecular weight excluding hydrogens is 386 g/mol. The van der Waals surface area contributed by atoms with Crippen molar-refractivity contribution < 1.29 is 14.4 Å². The molecule has 3 heterocycles. The van der Waals surface area contributed by atoms with Crippen LogP contribution in [-0.2, 0) is 19.5 Å². The summed E-state index contributed by atoms with van der Waals surface area (Å²) in [5.74, 6) is 2.88. The van der Waals surface area contributed by atoms with Gasteiger partial charge in [0.05, 0.1) is 12.4 Å². The van der Waals surface area contributed by atoms with Crippen LogP contribution in [0.1, 0.15) is 42.1 Å². The topological polar surface area (TPSA) is 68.7 Å². The van der Waals surface area contributed by atoms with Gasteiger partial charge in [-0.2, -0.15) is 0 Å². The number of hydrogen-bond acceptors (Lipinski definition) is 5. The van der Waals surface area contributed by atoms with Gasteiger partial charge < -0.3 is 19.4 Å². The number of nitrogens with one attached hydrogen (secondary N) is 2. The number of nitrogens with zero attached hydrogens (tertiary/aromatic N) is 1. The van der Waals surface area contributed by atoms with Crippen LogP contribution in [0.3, 0.4) is 0 Å². The van der Waals surface area contributed by atoms with E-state index in [-0.39, 0.29) is 12.4 Å². The van der Waals surface area contributed by atoms with Crippen LogP contribution in [0, 0.1) is 12.8 Å². The highest BCUT2D eigenvalue weighted by Crippen LogP contribution is 2.32. The van der Waals surface area contributed by atoms with Crippen LogP contribution in [0.2, 0.25) is 0 Å². The number of ether oxygens (including phenoxy) is 2. The Kier molecular flexibility index (Phi) is 5.61. The lowest BCUT2D eigenvalue weighted by atomic mass is 9.98. The molecule has 7 heteroatoms. The first-order valence-electron chi connectivity index (χ1n) is 10.2. The minimum atomic E-state index is -0.0106. The molecular formula is C22H28N3O3S+. The summed E-state index contributed by atoms with van der Waals surface area (Å²) in [4.78, 5) is 24.0. The predicted octanol–water partition coefficient (Wildman–Crippen LogP) is 2.83. The van der Waals surface area contributed by atoms with Crippen molar-refractivity contribution in [1.29, 1.82) is 0 Å². The third-order valence-corrected chi connectivity index (χ3v) is 6.61. The van der Waals surface area contributed by atoms with E-state index in [0.29, 0.717) is 12.5 Å². The highest BCUT2D eigenvalue weighted by molar-refractivity contribution is 7.18. The summed E-state index contributed by atoms with van der Waals surface area (Å²) in [6.07, 6.45) is 2.04. The molecule has 154 valence electrons. The fourth-order valence-electron chi connectivity index (χ4n) is 3.79. The molecule has 1 aliphatic heterocycles. The summed E-state index contributed by atoms with van der Waals surface area (Å²) in [6, 6.07) is 6.03. The minimum absolute atomic E-state index is 0.0106. The second-order valence-corrected chi connectivity index (χ2v) is 9.25. The van der Waals surface area contributed by atoms with Crippen molar-refractivity contribution in [2.45, 2.75) is 46.7 Å². The lowest BCUT2D eigenvalue weighted by Crippen LogP contribution is -3.06. The number of aromatic amines is 1. The van der Waals surface area contributed by atoms with Crippen LogP contribution in [-0.4, -0.2) is 23.8 Å². The molecule has 4 rings (SSSR count). The molecule has 0 amide bonds. The van der Waals surface area contributed by atoms with Crippen molar-refractivity contribution in [1.82, 2.24) is 9.97 Å². The molecule has 0 aliphatic carbocycles. The van der Waals surface area contributed by atoms with E-state index in [1.807, 2.05) is 12.1 Å². The third kappa shape index (κ3) is 4.16. The van der Waals surface area contributed by atoms with Gasteiger partial charge in [0.25, 0.3) is 5.56 Å². The van der Waals surface area contributed by atoms with Crippen LogP contribution in [0.5, 0.6) is 11.5 Å². The van der Waals surface area contributed by atoms with E-state index in [9.17, 15) is 4.79 Å². The Bertz CT molecular complexity index is 1090. The molecule has 1 unspecified atom stereocenters. The van der Waals surface area contributed by atoms with E-state index in [2.05, 4.69) is 38.9 Å². The molecule has 0 saturated heterocycles. The quantitative estimate of drug-likeness (QED) is 0.624. The first-order chi connectivity index (χ1) is 13.9. The molecule has 0 saturated carbocycles.